The lowest BCUT2D eigenvalue weighted by molar-refractivity contribution is 0.750. The largest absolute Gasteiger partial charge is 0.323 e. The van der Waals surface area contributed by atoms with Gasteiger partial charge in [0.15, 0.2) is 0 Å². The number of rotatable bonds is 3. The zero-order valence-corrected chi connectivity index (χ0v) is 10.4. The second kappa shape index (κ2) is 3.61. The van der Waals surface area contributed by atoms with Crippen molar-refractivity contribution in [3.63, 3.8) is 0 Å². The Kier molecular flexibility index (Phi) is 2.21. The Balaban J connectivity index is 1.91. The lowest BCUT2D eigenvalue weighted by atomic mass is 10.4. The second-order valence-electron chi connectivity index (χ2n) is 4.77. The molecule has 0 amide bonds. The molecule has 5 heteroatoms. The number of nitrogens with zero attached hydrogens (tertiary/aromatic N) is 4. The van der Waals surface area contributed by atoms with E-state index < -0.39 is 0 Å². The molecule has 0 radical (unpaired) electrons. The van der Waals surface area contributed by atoms with Gasteiger partial charge < -0.3 is 9.88 Å². The van der Waals surface area contributed by atoms with Crippen molar-refractivity contribution in [1.29, 1.82) is 0 Å². The van der Waals surface area contributed by atoms with Gasteiger partial charge >= 0.3 is 0 Å². The third kappa shape index (κ3) is 1.92. The summed E-state index contributed by atoms with van der Waals surface area (Å²) in [6, 6.07) is 0.635. The molecule has 0 unspecified atom stereocenters. The third-order valence-corrected chi connectivity index (χ3v) is 3.05. The molecule has 2 aromatic rings. The number of hydrogen-bond donors (Lipinski definition) is 1. The molecule has 1 aliphatic rings. The number of nitrogens with one attached hydrogen (secondary N) is 1. The van der Waals surface area contributed by atoms with Crippen LogP contribution in [0.4, 0.5) is 11.6 Å². The van der Waals surface area contributed by atoms with Crippen molar-refractivity contribution in [2.75, 3.05) is 5.32 Å². The molecule has 17 heavy (non-hydrogen) atoms. The molecule has 3 rings (SSSR count). The van der Waals surface area contributed by atoms with E-state index in [0.29, 0.717) is 6.04 Å². The van der Waals surface area contributed by atoms with Crippen LogP contribution in [0, 0.1) is 13.8 Å². The summed E-state index contributed by atoms with van der Waals surface area (Å²) >= 11 is 0. The van der Waals surface area contributed by atoms with Crippen LogP contribution in [0.25, 0.3) is 0 Å². The van der Waals surface area contributed by atoms with Crippen LogP contribution < -0.4 is 5.32 Å². The van der Waals surface area contributed by atoms with Crippen molar-refractivity contribution >= 4 is 11.6 Å². The molecule has 5 nitrogen and oxygen atoms in total. The monoisotopic (exact) mass is 231 g/mol. The Labute approximate surface area is 100 Å². The first-order chi connectivity index (χ1) is 8.13. The summed E-state index contributed by atoms with van der Waals surface area (Å²) in [5.74, 6) is 0.932. The Morgan fingerprint density at radius 2 is 2.06 bits per heavy atom. The van der Waals surface area contributed by atoms with Crippen LogP contribution in [0.1, 0.15) is 30.3 Å². The van der Waals surface area contributed by atoms with Crippen molar-refractivity contribution in [1.82, 2.24) is 19.3 Å². The molecule has 0 aliphatic heterocycles. The van der Waals surface area contributed by atoms with Crippen LogP contribution in [-0.2, 0) is 7.05 Å². The highest BCUT2D eigenvalue weighted by atomic mass is 15.3. The Hall–Kier alpha value is -1.78. The van der Waals surface area contributed by atoms with Crippen LogP contribution in [-0.4, -0.2) is 19.3 Å². The predicted molar refractivity (Wildman–Crippen MR) is 66.5 cm³/mol. The van der Waals surface area contributed by atoms with Crippen molar-refractivity contribution in [2.24, 2.45) is 7.05 Å². The summed E-state index contributed by atoms with van der Waals surface area (Å²) in [6.07, 6.45) is 6.62. The van der Waals surface area contributed by atoms with Crippen LogP contribution >= 0.6 is 0 Å². The van der Waals surface area contributed by atoms with E-state index in [2.05, 4.69) is 26.2 Å². The fraction of sp³-hybridized carbons (Fsp3) is 0.500. The highest BCUT2D eigenvalue weighted by molar-refractivity contribution is 5.55. The smallest absolute Gasteiger partial charge is 0.207 e. The molecule has 0 atom stereocenters. The third-order valence-electron chi connectivity index (χ3n) is 3.05. The zero-order chi connectivity index (χ0) is 12.0. The number of aromatic nitrogens is 4. The van der Waals surface area contributed by atoms with Gasteiger partial charge in [-0.15, -0.1) is 0 Å². The maximum atomic E-state index is 4.53. The standard InChI is InChI=1S/C12H17N5/c1-8-6-17(10-4-5-10)12(13-8)14-11-7-16(3)15-9(11)2/h6-7,10H,4-5H2,1-3H3,(H,13,14). The predicted octanol–water partition coefficient (Wildman–Crippen LogP) is 2.31. The number of anilines is 2. The van der Waals surface area contributed by atoms with Crippen LogP contribution in [0.3, 0.4) is 0 Å². The molecule has 90 valence electrons. The molecule has 1 aliphatic carbocycles. The Bertz CT molecular complexity index is 547. The number of aryl methyl sites for hydroxylation is 3. The van der Waals surface area contributed by atoms with Gasteiger partial charge in [0.2, 0.25) is 5.95 Å². The van der Waals surface area contributed by atoms with Crippen LogP contribution in [0.5, 0.6) is 0 Å². The molecule has 1 saturated carbocycles. The molecular weight excluding hydrogens is 214 g/mol. The van der Waals surface area contributed by atoms with Crippen LogP contribution in [0.2, 0.25) is 0 Å². The Morgan fingerprint density at radius 1 is 1.29 bits per heavy atom. The maximum absolute atomic E-state index is 4.53. The van der Waals surface area contributed by atoms with Gasteiger partial charge in [-0.05, 0) is 26.7 Å². The number of imidazole rings is 1. The molecule has 0 saturated heterocycles. The average molecular weight is 231 g/mol. The van der Waals surface area contributed by atoms with Crippen molar-refractivity contribution in [2.45, 2.75) is 32.7 Å². The van der Waals surface area contributed by atoms with E-state index in [-0.39, 0.29) is 0 Å². The van der Waals surface area contributed by atoms with Gasteiger partial charge in [-0.2, -0.15) is 5.10 Å². The SMILES string of the molecule is Cc1cn(C2CC2)c(Nc2cn(C)nc2C)n1. The normalized spacial score (nSPS) is 15.2. The summed E-state index contributed by atoms with van der Waals surface area (Å²) in [5.41, 5.74) is 3.08. The van der Waals surface area contributed by atoms with E-state index in [4.69, 9.17) is 0 Å². The van der Waals surface area contributed by atoms with Gasteiger partial charge in [-0.25, -0.2) is 4.98 Å². The minimum absolute atomic E-state index is 0.635. The van der Waals surface area contributed by atoms with E-state index in [1.54, 1.807) is 0 Å². The first-order valence-corrected chi connectivity index (χ1v) is 5.96. The molecule has 0 bridgehead atoms. The maximum Gasteiger partial charge on any atom is 0.207 e. The fourth-order valence-corrected chi connectivity index (χ4v) is 2.08. The van der Waals surface area contributed by atoms with E-state index in [1.807, 2.05) is 31.8 Å². The summed E-state index contributed by atoms with van der Waals surface area (Å²) in [7, 11) is 1.93. The van der Waals surface area contributed by atoms with Crippen LogP contribution in [0.15, 0.2) is 12.4 Å². The summed E-state index contributed by atoms with van der Waals surface area (Å²) < 4.78 is 4.05. The topological polar surface area (TPSA) is 47.7 Å². The molecule has 2 heterocycles. The fourth-order valence-electron chi connectivity index (χ4n) is 2.08. The van der Waals surface area contributed by atoms with Crippen molar-refractivity contribution in [3.05, 3.63) is 23.8 Å². The van der Waals surface area contributed by atoms with Gasteiger partial charge in [-0.3, -0.25) is 4.68 Å². The lowest BCUT2D eigenvalue weighted by Gasteiger charge is -2.07. The Morgan fingerprint density at radius 3 is 2.65 bits per heavy atom. The minimum Gasteiger partial charge on any atom is -0.323 e. The second-order valence-corrected chi connectivity index (χ2v) is 4.77. The van der Waals surface area contributed by atoms with Gasteiger partial charge in [0.25, 0.3) is 0 Å². The first-order valence-electron chi connectivity index (χ1n) is 5.96. The van der Waals surface area contributed by atoms with Gasteiger partial charge in [0.05, 0.1) is 17.1 Å². The minimum atomic E-state index is 0.635. The zero-order valence-electron chi connectivity index (χ0n) is 10.4. The molecule has 2 aromatic heterocycles. The number of hydrogen-bond acceptors (Lipinski definition) is 3. The summed E-state index contributed by atoms with van der Waals surface area (Å²) in [4.78, 5) is 4.53. The van der Waals surface area contributed by atoms with Crippen molar-refractivity contribution < 1.29 is 0 Å². The molecule has 1 fully saturated rings. The van der Waals surface area contributed by atoms with Gasteiger partial charge in [0.1, 0.15) is 0 Å². The quantitative estimate of drug-likeness (QED) is 0.881. The van der Waals surface area contributed by atoms with E-state index in [0.717, 1.165) is 23.0 Å². The molecule has 0 aromatic carbocycles. The summed E-state index contributed by atoms with van der Waals surface area (Å²) in [5, 5.41) is 7.69. The van der Waals surface area contributed by atoms with Crippen molar-refractivity contribution in [3.8, 4) is 0 Å². The molecule has 1 N–H and O–H groups in total. The first kappa shape index (κ1) is 10.4. The van der Waals surface area contributed by atoms with Gasteiger partial charge in [0, 0.05) is 25.5 Å². The molecule has 0 spiro atoms. The lowest BCUT2D eigenvalue weighted by Crippen LogP contribution is -2.01. The van der Waals surface area contributed by atoms with E-state index >= 15 is 0 Å². The van der Waals surface area contributed by atoms with Gasteiger partial charge in [-0.1, -0.05) is 0 Å². The average Bonchev–Trinajstić information content (AvgIpc) is 2.96. The highest BCUT2D eigenvalue weighted by Gasteiger charge is 2.26. The highest BCUT2D eigenvalue weighted by Crippen LogP contribution is 2.38. The van der Waals surface area contributed by atoms with E-state index in [1.165, 1.54) is 12.8 Å². The molecular formula is C12H17N5. The van der Waals surface area contributed by atoms with E-state index in [9.17, 15) is 0 Å². The summed E-state index contributed by atoms with van der Waals surface area (Å²) in [6.45, 7) is 4.03.